The first-order valence-electron chi connectivity index (χ1n) is 21.4. The Hall–Kier alpha value is -6.64. The van der Waals surface area contributed by atoms with Crippen molar-refractivity contribution in [2.75, 3.05) is 9.80 Å². The van der Waals surface area contributed by atoms with Gasteiger partial charge in [0.05, 0.1) is 5.69 Å². The Bertz CT molecular complexity index is 2800. The predicted octanol–water partition coefficient (Wildman–Crippen LogP) is 15.2. The molecule has 0 heterocycles. The molecule has 8 aromatic rings. The number of anilines is 6. The Morgan fingerprint density at radius 1 is 0.373 bits per heavy atom. The Labute approximate surface area is 349 Å². The van der Waals surface area contributed by atoms with Crippen LogP contribution in [0.5, 0.6) is 0 Å². The minimum absolute atomic E-state index is 0.114. The minimum Gasteiger partial charge on any atom is -0.311 e. The van der Waals surface area contributed by atoms with Crippen molar-refractivity contribution in [3.05, 3.63) is 215 Å². The minimum atomic E-state index is -0.114. The Morgan fingerprint density at radius 2 is 0.932 bits per heavy atom. The standard InChI is InChI=1S/C57H48N2/c1-57(2)52-30-13-12-26-50(52)55-53(57)35-36-54(56(55)51-38-41-20-15-27-47(41)48-28-16-29-49(48)51)59(46-25-14-19-40(37-46)39-17-6-3-7-18-39)45-33-31-44(32-34-45)58(42-21-8-4-9-22-42)43-23-10-5-11-24-43/h3-14,17-19,21-26,30-38H,15-16,20,27-29H2,1-2H3. The van der Waals surface area contributed by atoms with Crippen LogP contribution >= 0.6 is 0 Å². The third-order valence-corrected chi connectivity index (χ3v) is 13.3. The first-order valence-corrected chi connectivity index (χ1v) is 21.4. The summed E-state index contributed by atoms with van der Waals surface area (Å²) < 4.78 is 0. The molecule has 8 aromatic carbocycles. The zero-order valence-electron chi connectivity index (χ0n) is 34.0. The molecule has 0 N–H and O–H groups in total. The molecular weight excluding hydrogens is 713 g/mol. The molecule has 2 nitrogen and oxygen atoms in total. The molecule has 3 aliphatic carbocycles. The number of aryl methyl sites for hydroxylation is 1. The van der Waals surface area contributed by atoms with Crippen LogP contribution in [-0.2, 0) is 31.1 Å². The second kappa shape index (κ2) is 14.3. The number of para-hydroxylation sites is 2. The normalized spacial score (nSPS) is 14.3. The average Bonchev–Trinajstić information content (AvgIpc) is 4.03. The van der Waals surface area contributed by atoms with Gasteiger partial charge in [0, 0.05) is 39.4 Å². The van der Waals surface area contributed by atoms with Crippen molar-refractivity contribution in [1.82, 2.24) is 0 Å². The SMILES string of the molecule is CC1(C)c2ccccc2-c2c1ccc(N(c1ccc(N(c3ccccc3)c3ccccc3)cc1)c1cccc(-c3ccccc3)c1)c2-c1cc2c(c3c1CCC3)CCC2. The van der Waals surface area contributed by atoms with Crippen LogP contribution in [0.1, 0.15) is 60.1 Å². The van der Waals surface area contributed by atoms with Crippen molar-refractivity contribution >= 4 is 34.1 Å². The molecule has 0 saturated heterocycles. The first-order chi connectivity index (χ1) is 29.0. The van der Waals surface area contributed by atoms with Crippen molar-refractivity contribution in [3.8, 4) is 33.4 Å². The number of fused-ring (bicyclic) bond motifs is 6. The van der Waals surface area contributed by atoms with Gasteiger partial charge in [0.2, 0.25) is 0 Å². The maximum absolute atomic E-state index is 2.62. The zero-order chi connectivity index (χ0) is 39.5. The molecule has 0 amide bonds. The summed E-state index contributed by atoms with van der Waals surface area (Å²) in [5.74, 6) is 0. The third kappa shape index (κ3) is 5.92. The van der Waals surface area contributed by atoms with Crippen LogP contribution in [0.2, 0.25) is 0 Å². The number of rotatable bonds is 8. The van der Waals surface area contributed by atoms with Crippen molar-refractivity contribution < 1.29 is 0 Å². The number of benzene rings is 8. The van der Waals surface area contributed by atoms with E-state index < -0.39 is 0 Å². The highest BCUT2D eigenvalue weighted by Gasteiger charge is 2.39. The maximum atomic E-state index is 2.62. The summed E-state index contributed by atoms with van der Waals surface area (Å²) in [6.07, 6.45) is 7.22. The molecule has 0 unspecified atom stereocenters. The van der Waals surface area contributed by atoms with Gasteiger partial charge in [-0.3, -0.25) is 0 Å². The molecule has 2 heteroatoms. The zero-order valence-corrected chi connectivity index (χ0v) is 34.0. The summed E-state index contributed by atoms with van der Waals surface area (Å²) in [6, 6.07) is 67.3. The monoisotopic (exact) mass is 760 g/mol. The lowest BCUT2D eigenvalue weighted by atomic mass is 9.80. The van der Waals surface area contributed by atoms with Crippen LogP contribution in [0, 0.1) is 0 Å². The van der Waals surface area contributed by atoms with Gasteiger partial charge in [-0.1, -0.05) is 129 Å². The van der Waals surface area contributed by atoms with Gasteiger partial charge >= 0.3 is 0 Å². The molecule has 0 aliphatic heterocycles. The van der Waals surface area contributed by atoms with E-state index in [2.05, 4.69) is 206 Å². The van der Waals surface area contributed by atoms with E-state index in [1.165, 1.54) is 82.3 Å². The van der Waals surface area contributed by atoms with Gasteiger partial charge < -0.3 is 9.80 Å². The van der Waals surface area contributed by atoms with E-state index in [1.54, 1.807) is 22.3 Å². The molecule has 11 rings (SSSR count). The van der Waals surface area contributed by atoms with E-state index in [-0.39, 0.29) is 5.41 Å². The summed E-state index contributed by atoms with van der Waals surface area (Å²) in [4.78, 5) is 4.89. The molecule has 286 valence electrons. The Kier molecular flexibility index (Phi) is 8.62. The summed E-state index contributed by atoms with van der Waals surface area (Å²) >= 11 is 0. The second-order valence-electron chi connectivity index (χ2n) is 17.1. The van der Waals surface area contributed by atoms with Crippen LogP contribution in [0.25, 0.3) is 33.4 Å². The second-order valence-corrected chi connectivity index (χ2v) is 17.1. The molecule has 0 bridgehead atoms. The Balaban J connectivity index is 1.17. The topological polar surface area (TPSA) is 6.48 Å². The average molecular weight is 761 g/mol. The van der Waals surface area contributed by atoms with Crippen LogP contribution in [0.4, 0.5) is 34.1 Å². The largest absolute Gasteiger partial charge is 0.311 e. The summed E-state index contributed by atoms with van der Waals surface area (Å²) in [6.45, 7) is 4.83. The molecule has 59 heavy (non-hydrogen) atoms. The molecule has 0 radical (unpaired) electrons. The van der Waals surface area contributed by atoms with Crippen molar-refractivity contribution in [2.45, 2.75) is 57.8 Å². The van der Waals surface area contributed by atoms with E-state index in [1.807, 2.05) is 0 Å². The lowest BCUT2D eigenvalue weighted by molar-refractivity contribution is 0.660. The quantitative estimate of drug-likeness (QED) is 0.152. The van der Waals surface area contributed by atoms with Gasteiger partial charge in [-0.2, -0.15) is 0 Å². The van der Waals surface area contributed by atoms with E-state index >= 15 is 0 Å². The molecular formula is C57H48N2. The fraction of sp³-hybridized carbons (Fsp3) is 0.158. The van der Waals surface area contributed by atoms with Gasteiger partial charge in [0.15, 0.2) is 0 Å². The van der Waals surface area contributed by atoms with Gasteiger partial charge in [-0.15, -0.1) is 0 Å². The fourth-order valence-corrected chi connectivity index (χ4v) is 10.6. The van der Waals surface area contributed by atoms with Gasteiger partial charge in [-0.25, -0.2) is 0 Å². The molecule has 0 aromatic heterocycles. The van der Waals surface area contributed by atoms with Crippen molar-refractivity contribution in [2.24, 2.45) is 0 Å². The van der Waals surface area contributed by atoms with E-state index in [9.17, 15) is 0 Å². The fourth-order valence-electron chi connectivity index (χ4n) is 10.6. The van der Waals surface area contributed by atoms with Gasteiger partial charge in [-0.05, 0) is 166 Å². The predicted molar refractivity (Wildman–Crippen MR) is 248 cm³/mol. The maximum Gasteiger partial charge on any atom is 0.0546 e. The van der Waals surface area contributed by atoms with Crippen molar-refractivity contribution in [3.63, 3.8) is 0 Å². The summed E-state index contributed by atoms with van der Waals surface area (Å²) in [5, 5.41) is 0. The van der Waals surface area contributed by atoms with Gasteiger partial charge in [0.25, 0.3) is 0 Å². The highest BCUT2D eigenvalue weighted by Crippen LogP contribution is 2.57. The Morgan fingerprint density at radius 3 is 1.66 bits per heavy atom. The molecule has 0 saturated carbocycles. The highest BCUT2D eigenvalue weighted by molar-refractivity contribution is 6.03. The van der Waals surface area contributed by atoms with Crippen molar-refractivity contribution in [1.29, 1.82) is 0 Å². The molecule has 0 fully saturated rings. The lowest BCUT2D eigenvalue weighted by Gasteiger charge is -2.32. The summed E-state index contributed by atoms with van der Waals surface area (Å²) in [5.41, 5.74) is 24.0. The number of hydrogen-bond donors (Lipinski definition) is 0. The highest BCUT2D eigenvalue weighted by atomic mass is 15.2. The lowest BCUT2D eigenvalue weighted by Crippen LogP contribution is -2.16. The summed E-state index contributed by atoms with van der Waals surface area (Å²) in [7, 11) is 0. The first kappa shape index (κ1) is 35.5. The molecule has 3 aliphatic rings. The van der Waals surface area contributed by atoms with E-state index in [4.69, 9.17) is 0 Å². The molecule has 0 atom stereocenters. The third-order valence-electron chi connectivity index (χ3n) is 13.3. The van der Waals surface area contributed by atoms with Crippen LogP contribution in [0.15, 0.2) is 182 Å². The van der Waals surface area contributed by atoms with Crippen LogP contribution in [-0.4, -0.2) is 0 Å². The van der Waals surface area contributed by atoms with Crippen LogP contribution < -0.4 is 9.80 Å². The van der Waals surface area contributed by atoms with E-state index in [0.29, 0.717) is 0 Å². The number of nitrogens with zero attached hydrogens (tertiary/aromatic N) is 2. The smallest absolute Gasteiger partial charge is 0.0546 e. The van der Waals surface area contributed by atoms with Crippen LogP contribution in [0.3, 0.4) is 0 Å². The number of hydrogen-bond acceptors (Lipinski definition) is 2. The van der Waals surface area contributed by atoms with E-state index in [0.717, 1.165) is 34.9 Å². The molecule has 0 spiro atoms. The van der Waals surface area contributed by atoms with Gasteiger partial charge in [0.1, 0.15) is 0 Å².